The van der Waals surface area contributed by atoms with Crippen molar-refractivity contribution >= 4 is 15.9 Å². The van der Waals surface area contributed by atoms with Crippen LogP contribution in [-0.4, -0.2) is 5.54 Å². The van der Waals surface area contributed by atoms with Crippen LogP contribution in [0.2, 0.25) is 0 Å². The number of hydrogen-bond donors (Lipinski definition) is 1. The van der Waals surface area contributed by atoms with Crippen molar-refractivity contribution in [3.05, 3.63) is 34.1 Å². The summed E-state index contributed by atoms with van der Waals surface area (Å²) >= 11 is 3.14. The van der Waals surface area contributed by atoms with Crippen LogP contribution in [0.5, 0.6) is 0 Å². The van der Waals surface area contributed by atoms with E-state index >= 15 is 0 Å². The predicted molar refractivity (Wildman–Crippen MR) is 63.9 cm³/mol. The zero-order valence-corrected chi connectivity index (χ0v) is 10.4. The Labute approximate surface area is 98.2 Å². The van der Waals surface area contributed by atoms with Gasteiger partial charge in [0.15, 0.2) is 0 Å². The van der Waals surface area contributed by atoms with E-state index in [0.717, 1.165) is 5.56 Å². The Bertz CT molecular complexity index is 393. The minimum Gasteiger partial charge on any atom is -0.298 e. The number of terminal acetylenes is 1. The molecule has 0 aliphatic heterocycles. The van der Waals surface area contributed by atoms with Crippen LogP contribution in [0.3, 0.4) is 0 Å². The minimum atomic E-state index is -0.346. The van der Waals surface area contributed by atoms with Gasteiger partial charge < -0.3 is 0 Å². The van der Waals surface area contributed by atoms with Crippen LogP contribution in [0.15, 0.2) is 22.7 Å². The summed E-state index contributed by atoms with van der Waals surface area (Å²) in [7, 11) is 0. The first-order valence-corrected chi connectivity index (χ1v) is 5.40. The van der Waals surface area contributed by atoms with Crippen LogP contribution in [-0.2, 0) is 6.54 Å². The lowest BCUT2D eigenvalue weighted by Crippen LogP contribution is -2.36. The molecular formula is C12H13BrFN. The molecule has 3 heteroatoms. The van der Waals surface area contributed by atoms with E-state index in [9.17, 15) is 4.39 Å². The van der Waals surface area contributed by atoms with Crippen molar-refractivity contribution in [1.29, 1.82) is 0 Å². The third-order valence-corrected chi connectivity index (χ3v) is 2.69. The highest BCUT2D eigenvalue weighted by molar-refractivity contribution is 9.10. The number of rotatable bonds is 3. The molecule has 0 unspecified atom stereocenters. The molecule has 15 heavy (non-hydrogen) atoms. The van der Waals surface area contributed by atoms with Crippen LogP contribution in [0.25, 0.3) is 0 Å². The number of benzene rings is 1. The van der Waals surface area contributed by atoms with Gasteiger partial charge in [0.05, 0.1) is 10.0 Å². The molecule has 1 aromatic carbocycles. The van der Waals surface area contributed by atoms with Crippen molar-refractivity contribution in [1.82, 2.24) is 5.32 Å². The standard InChI is InChI=1S/C12H13BrFN/c1-4-12(2,3)15-8-9-5-6-11(14)10(13)7-9/h1,5-7,15H,8H2,2-3H3. The molecule has 1 N–H and O–H groups in total. The lowest BCUT2D eigenvalue weighted by Gasteiger charge is -2.19. The molecular weight excluding hydrogens is 257 g/mol. The molecule has 1 aromatic rings. The van der Waals surface area contributed by atoms with Gasteiger partial charge in [0.1, 0.15) is 5.82 Å². The molecule has 0 heterocycles. The van der Waals surface area contributed by atoms with Crippen molar-refractivity contribution in [2.75, 3.05) is 0 Å². The summed E-state index contributed by atoms with van der Waals surface area (Å²) in [5.41, 5.74) is 0.646. The SMILES string of the molecule is C#CC(C)(C)NCc1ccc(F)c(Br)c1. The molecule has 0 atom stereocenters. The summed E-state index contributed by atoms with van der Waals surface area (Å²) in [6, 6.07) is 4.92. The van der Waals surface area contributed by atoms with Crippen LogP contribution >= 0.6 is 15.9 Å². The lowest BCUT2D eigenvalue weighted by atomic mass is 10.1. The van der Waals surface area contributed by atoms with E-state index in [-0.39, 0.29) is 11.4 Å². The molecule has 1 rings (SSSR count). The first-order chi connectivity index (χ1) is 6.94. The Morgan fingerprint density at radius 2 is 2.20 bits per heavy atom. The second kappa shape index (κ2) is 4.78. The molecule has 0 saturated heterocycles. The topological polar surface area (TPSA) is 12.0 Å². The monoisotopic (exact) mass is 269 g/mol. The van der Waals surface area contributed by atoms with Crippen molar-refractivity contribution in [3.8, 4) is 12.3 Å². The molecule has 0 bridgehead atoms. The van der Waals surface area contributed by atoms with Gasteiger partial charge >= 0.3 is 0 Å². The van der Waals surface area contributed by atoms with Gasteiger partial charge in [-0.05, 0) is 47.5 Å². The first-order valence-electron chi connectivity index (χ1n) is 4.61. The second-order valence-electron chi connectivity index (χ2n) is 3.87. The molecule has 0 fully saturated rings. The summed E-state index contributed by atoms with van der Waals surface area (Å²) in [5, 5.41) is 3.19. The van der Waals surface area contributed by atoms with E-state index in [1.165, 1.54) is 6.07 Å². The van der Waals surface area contributed by atoms with Crippen molar-refractivity contribution < 1.29 is 4.39 Å². The Morgan fingerprint density at radius 3 is 2.73 bits per heavy atom. The lowest BCUT2D eigenvalue weighted by molar-refractivity contribution is 0.490. The zero-order chi connectivity index (χ0) is 11.5. The molecule has 0 spiro atoms. The maximum absolute atomic E-state index is 12.9. The second-order valence-corrected chi connectivity index (χ2v) is 4.73. The molecule has 0 aliphatic carbocycles. The third kappa shape index (κ3) is 3.65. The molecule has 0 saturated carbocycles. The quantitative estimate of drug-likeness (QED) is 0.832. The van der Waals surface area contributed by atoms with E-state index in [1.807, 2.05) is 13.8 Å². The van der Waals surface area contributed by atoms with Gasteiger partial charge in [-0.3, -0.25) is 5.32 Å². The van der Waals surface area contributed by atoms with E-state index in [1.54, 1.807) is 12.1 Å². The third-order valence-electron chi connectivity index (χ3n) is 2.08. The fourth-order valence-electron chi connectivity index (χ4n) is 1.02. The van der Waals surface area contributed by atoms with E-state index in [0.29, 0.717) is 11.0 Å². The van der Waals surface area contributed by atoms with Crippen LogP contribution < -0.4 is 5.32 Å². The normalized spacial score (nSPS) is 11.1. The van der Waals surface area contributed by atoms with Gasteiger partial charge in [0.2, 0.25) is 0 Å². The predicted octanol–water partition coefficient (Wildman–Crippen LogP) is 3.09. The van der Waals surface area contributed by atoms with Crippen LogP contribution in [0.4, 0.5) is 4.39 Å². The number of hydrogen-bond acceptors (Lipinski definition) is 1. The Kier molecular flexibility index (Phi) is 3.90. The summed E-state index contributed by atoms with van der Waals surface area (Å²) in [6.45, 7) is 4.47. The smallest absolute Gasteiger partial charge is 0.137 e. The highest BCUT2D eigenvalue weighted by atomic mass is 79.9. The van der Waals surface area contributed by atoms with Crippen molar-refractivity contribution in [3.63, 3.8) is 0 Å². The maximum atomic E-state index is 12.9. The first kappa shape index (κ1) is 12.2. The van der Waals surface area contributed by atoms with Crippen LogP contribution in [0.1, 0.15) is 19.4 Å². The largest absolute Gasteiger partial charge is 0.298 e. The molecule has 80 valence electrons. The van der Waals surface area contributed by atoms with Gasteiger partial charge in [-0.2, -0.15) is 0 Å². The van der Waals surface area contributed by atoms with Gasteiger partial charge in [-0.15, -0.1) is 6.42 Å². The summed E-state index contributed by atoms with van der Waals surface area (Å²) in [6.07, 6.45) is 5.34. The highest BCUT2D eigenvalue weighted by Gasteiger charge is 2.12. The average Bonchev–Trinajstić information content (AvgIpc) is 2.20. The van der Waals surface area contributed by atoms with E-state index < -0.39 is 0 Å². The fourth-order valence-corrected chi connectivity index (χ4v) is 1.45. The fraction of sp³-hybridized carbons (Fsp3) is 0.333. The van der Waals surface area contributed by atoms with Crippen molar-refractivity contribution in [2.24, 2.45) is 0 Å². The van der Waals surface area contributed by atoms with Gasteiger partial charge in [-0.25, -0.2) is 4.39 Å². The molecule has 0 aromatic heterocycles. The van der Waals surface area contributed by atoms with Crippen molar-refractivity contribution in [2.45, 2.75) is 25.9 Å². The van der Waals surface area contributed by atoms with Gasteiger partial charge in [-0.1, -0.05) is 12.0 Å². The Morgan fingerprint density at radius 1 is 1.53 bits per heavy atom. The summed E-state index contributed by atoms with van der Waals surface area (Å²) < 4.78 is 13.4. The minimum absolute atomic E-state index is 0.255. The zero-order valence-electron chi connectivity index (χ0n) is 8.77. The summed E-state index contributed by atoms with van der Waals surface area (Å²) in [4.78, 5) is 0. The Hall–Kier alpha value is -0.850. The molecule has 0 radical (unpaired) electrons. The van der Waals surface area contributed by atoms with Crippen LogP contribution in [0, 0.1) is 18.2 Å². The number of halogens is 2. The highest BCUT2D eigenvalue weighted by Crippen LogP contribution is 2.17. The van der Waals surface area contributed by atoms with E-state index in [4.69, 9.17) is 6.42 Å². The van der Waals surface area contributed by atoms with E-state index in [2.05, 4.69) is 27.2 Å². The van der Waals surface area contributed by atoms with Gasteiger partial charge in [0, 0.05) is 6.54 Å². The summed E-state index contributed by atoms with van der Waals surface area (Å²) in [5.74, 6) is 2.39. The molecule has 1 nitrogen and oxygen atoms in total. The van der Waals surface area contributed by atoms with Gasteiger partial charge in [0.25, 0.3) is 0 Å². The average molecular weight is 270 g/mol. The Balaban J connectivity index is 2.67. The molecule has 0 aliphatic rings. The molecule has 0 amide bonds. The maximum Gasteiger partial charge on any atom is 0.137 e. The number of nitrogens with one attached hydrogen (secondary N) is 1.